The second-order valence-corrected chi connectivity index (χ2v) is 15.2. The Labute approximate surface area is 308 Å². The number of rotatable bonds is 13. The molecule has 6 aromatic rings. The van der Waals surface area contributed by atoms with E-state index in [0.717, 1.165) is 11.1 Å². The van der Waals surface area contributed by atoms with Crippen LogP contribution in [0, 0.1) is 5.41 Å². The van der Waals surface area contributed by atoms with Gasteiger partial charge in [0.1, 0.15) is 31.1 Å². The highest BCUT2D eigenvalue weighted by molar-refractivity contribution is 7.89. The van der Waals surface area contributed by atoms with Gasteiger partial charge in [-0.25, -0.2) is 18.1 Å². The van der Waals surface area contributed by atoms with Gasteiger partial charge in [0.15, 0.2) is 5.75 Å². The van der Waals surface area contributed by atoms with E-state index >= 15 is 0 Å². The number of benzene rings is 5. The summed E-state index contributed by atoms with van der Waals surface area (Å²) in [5.74, 6) is 0.235. The zero-order chi connectivity index (χ0) is 37.8. The topological polar surface area (TPSA) is 159 Å². The van der Waals surface area contributed by atoms with Crippen LogP contribution in [-0.4, -0.2) is 42.4 Å². The minimum atomic E-state index is -3.99. The van der Waals surface area contributed by atoms with E-state index in [-0.39, 0.29) is 30.4 Å². The van der Waals surface area contributed by atoms with Crippen LogP contribution in [0.4, 0.5) is 0 Å². The maximum atomic E-state index is 13.8. The molecule has 12 heteroatoms. The number of nitrogens with two attached hydrogens (primary N) is 1. The third-order valence-electron chi connectivity index (χ3n) is 8.28. The molecule has 1 aromatic heterocycles. The number of methoxy groups -OCH3 is 1. The van der Waals surface area contributed by atoms with E-state index in [1.165, 1.54) is 13.2 Å². The number of ether oxygens (including phenoxy) is 3. The lowest BCUT2D eigenvalue weighted by molar-refractivity contribution is -0.139. The summed E-state index contributed by atoms with van der Waals surface area (Å²) in [6, 6.07) is 32.9. The molecular formula is C41H41N5O6S. The Hall–Kier alpha value is -5.98. The Bertz CT molecular complexity index is 2390. The molecule has 0 atom stereocenters. The molecular weight excluding hydrogens is 691 g/mol. The first-order chi connectivity index (χ1) is 25.3. The van der Waals surface area contributed by atoms with Crippen LogP contribution in [0.5, 0.6) is 11.5 Å². The van der Waals surface area contributed by atoms with Crippen molar-refractivity contribution in [2.75, 3.05) is 7.11 Å². The van der Waals surface area contributed by atoms with E-state index in [1.54, 1.807) is 57.4 Å². The van der Waals surface area contributed by atoms with Crippen LogP contribution in [-0.2, 0) is 39.2 Å². The molecule has 0 amide bonds. The number of amidine groups is 1. The van der Waals surface area contributed by atoms with E-state index in [1.807, 2.05) is 77.4 Å². The second kappa shape index (κ2) is 15.3. The number of esters is 1. The Morgan fingerprint density at radius 1 is 0.830 bits per heavy atom. The third-order valence-corrected chi connectivity index (χ3v) is 10.0. The molecule has 0 aliphatic carbocycles. The molecule has 1 heterocycles. The van der Waals surface area contributed by atoms with Gasteiger partial charge in [-0.1, -0.05) is 60.7 Å². The summed E-state index contributed by atoms with van der Waals surface area (Å²) in [5, 5.41) is 7.93. The van der Waals surface area contributed by atoms with Crippen molar-refractivity contribution in [3.05, 3.63) is 138 Å². The van der Waals surface area contributed by atoms with Gasteiger partial charge in [-0.2, -0.15) is 0 Å². The number of carbonyl (C=O) groups is 1. The lowest BCUT2D eigenvalue weighted by atomic mass is 9.97. The van der Waals surface area contributed by atoms with Crippen LogP contribution in [0.15, 0.2) is 120 Å². The number of nitrogen functional groups attached to an aromatic ring is 1. The first-order valence-corrected chi connectivity index (χ1v) is 18.4. The lowest BCUT2D eigenvalue weighted by Gasteiger charge is -2.23. The standard InChI is InChI=1S/C41H41N5O6S/c1-41(2,3)45-53(48,49)31-16-18-37(51-24-27-11-7-5-8-12-27)32(23-31)33-19-29(21-38(47)50-4)20-36(39(33)52-25-28-13-9-6-10-14-28)46-26-44-34-22-30(40(42)43)15-17-35(34)46/h5-20,22-23,26,45H,21,24-25H2,1-4H3,(H3,42,43). The van der Waals surface area contributed by atoms with Crippen LogP contribution in [0.3, 0.4) is 0 Å². The van der Waals surface area contributed by atoms with E-state index in [9.17, 15) is 13.2 Å². The molecule has 4 N–H and O–H groups in total. The Morgan fingerprint density at radius 3 is 2.11 bits per heavy atom. The first-order valence-electron chi connectivity index (χ1n) is 16.9. The molecule has 0 spiro atoms. The van der Waals surface area contributed by atoms with Gasteiger partial charge in [0.2, 0.25) is 10.0 Å². The van der Waals surface area contributed by atoms with Crippen LogP contribution < -0.4 is 19.9 Å². The number of hydrogen-bond acceptors (Lipinski definition) is 8. The Balaban J connectivity index is 1.63. The molecule has 0 saturated carbocycles. The van der Waals surface area contributed by atoms with Crippen LogP contribution >= 0.6 is 0 Å². The van der Waals surface area contributed by atoms with Crippen molar-refractivity contribution in [2.24, 2.45) is 5.73 Å². The van der Waals surface area contributed by atoms with Gasteiger partial charge in [-0.05, 0) is 86.0 Å². The lowest BCUT2D eigenvalue weighted by Crippen LogP contribution is -2.40. The van der Waals surface area contributed by atoms with Crippen LogP contribution in [0.25, 0.3) is 27.8 Å². The second-order valence-electron chi connectivity index (χ2n) is 13.5. The highest BCUT2D eigenvalue weighted by Gasteiger charge is 2.26. The summed E-state index contributed by atoms with van der Waals surface area (Å²) in [6.45, 7) is 5.70. The number of hydrogen-bond donors (Lipinski definition) is 3. The average Bonchev–Trinajstić information content (AvgIpc) is 3.56. The number of fused-ring (bicyclic) bond motifs is 1. The SMILES string of the molecule is COC(=O)Cc1cc(-c2cc(S(=O)(=O)NC(C)(C)C)ccc2OCc2ccccc2)c(OCc2ccccc2)c(-n2cnc3cc(C(=N)N)ccc32)c1. The minimum absolute atomic E-state index is 0.0215. The van der Waals surface area contributed by atoms with Crippen LogP contribution in [0.1, 0.15) is 43.0 Å². The number of carbonyl (C=O) groups excluding carboxylic acids is 1. The zero-order valence-electron chi connectivity index (χ0n) is 29.9. The van der Waals surface area contributed by atoms with Crippen molar-refractivity contribution in [1.82, 2.24) is 14.3 Å². The normalized spacial score (nSPS) is 11.7. The fourth-order valence-electron chi connectivity index (χ4n) is 5.86. The van der Waals surface area contributed by atoms with Crippen molar-refractivity contribution < 1.29 is 27.4 Å². The summed E-state index contributed by atoms with van der Waals surface area (Å²) in [4.78, 5) is 17.4. The summed E-state index contributed by atoms with van der Waals surface area (Å²) < 4.78 is 50.3. The van der Waals surface area contributed by atoms with Crippen molar-refractivity contribution in [3.8, 4) is 28.3 Å². The molecule has 0 aliphatic rings. The van der Waals surface area contributed by atoms with Gasteiger partial charge in [0, 0.05) is 22.2 Å². The molecule has 0 radical (unpaired) electrons. The molecule has 0 fully saturated rings. The molecule has 6 rings (SSSR count). The molecule has 53 heavy (non-hydrogen) atoms. The summed E-state index contributed by atoms with van der Waals surface area (Å²) in [6.07, 6.45) is 1.55. The highest BCUT2D eigenvalue weighted by atomic mass is 32.2. The van der Waals surface area contributed by atoms with Gasteiger partial charge < -0.3 is 19.9 Å². The predicted molar refractivity (Wildman–Crippen MR) is 205 cm³/mol. The summed E-state index contributed by atoms with van der Waals surface area (Å²) in [5.41, 5.74) is 10.7. The number of sulfonamides is 1. The predicted octanol–water partition coefficient (Wildman–Crippen LogP) is 6.93. The van der Waals surface area contributed by atoms with Crippen molar-refractivity contribution in [3.63, 3.8) is 0 Å². The fourth-order valence-corrected chi connectivity index (χ4v) is 7.30. The number of aromatic nitrogens is 2. The first kappa shape index (κ1) is 36.8. The number of nitrogens with zero attached hydrogens (tertiary/aromatic N) is 2. The van der Waals surface area contributed by atoms with E-state index in [0.29, 0.717) is 50.5 Å². The quantitative estimate of drug-likeness (QED) is 0.0656. The van der Waals surface area contributed by atoms with Gasteiger partial charge in [0.25, 0.3) is 0 Å². The molecule has 0 bridgehead atoms. The van der Waals surface area contributed by atoms with Gasteiger partial charge in [-0.15, -0.1) is 0 Å². The molecule has 272 valence electrons. The van der Waals surface area contributed by atoms with Crippen molar-refractivity contribution in [1.29, 1.82) is 5.41 Å². The molecule has 0 unspecified atom stereocenters. The minimum Gasteiger partial charge on any atom is -0.488 e. The van der Waals surface area contributed by atoms with E-state index in [2.05, 4.69) is 9.71 Å². The molecule has 5 aromatic carbocycles. The van der Waals surface area contributed by atoms with E-state index < -0.39 is 21.5 Å². The number of nitrogens with one attached hydrogen (secondary N) is 2. The van der Waals surface area contributed by atoms with Gasteiger partial charge in [-0.3, -0.25) is 14.8 Å². The summed E-state index contributed by atoms with van der Waals surface area (Å²) in [7, 11) is -2.67. The van der Waals surface area contributed by atoms with Gasteiger partial charge in [0.05, 0.1) is 35.1 Å². The number of imidazole rings is 1. The largest absolute Gasteiger partial charge is 0.488 e. The maximum absolute atomic E-state index is 13.8. The maximum Gasteiger partial charge on any atom is 0.309 e. The Kier molecular flexibility index (Phi) is 10.6. The zero-order valence-corrected chi connectivity index (χ0v) is 30.7. The highest BCUT2D eigenvalue weighted by Crippen LogP contribution is 2.43. The van der Waals surface area contributed by atoms with Crippen molar-refractivity contribution >= 4 is 32.9 Å². The molecule has 0 aliphatic heterocycles. The Morgan fingerprint density at radius 2 is 1.49 bits per heavy atom. The molecule has 11 nitrogen and oxygen atoms in total. The third kappa shape index (κ3) is 8.74. The van der Waals surface area contributed by atoms with Crippen LogP contribution in [0.2, 0.25) is 0 Å². The molecule has 0 saturated heterocycles. The van der Waals surface area contributed by atoms with Gasteiger partial charge >= 0.3 is 5.97 Å². The summed E-state index contributed by atoms with van der Waals surface area (Å²) >= 11 is 0. The monoisotopic (exact) mass is 731 g/mol. The smallest absolute Gasteiger partial charge is 0.309 e. The van der Waals surface area contributed by atoms with Crippen molar-refractivity contribution in [2.45, 2.75) is 50.8 Å². The average molecular weight is 732 g/mol. The van der Waals surface area contributed by atoms with E-state index in [4.69, 9.17) is 25.4 Å². The fraction of sp³-hybridized carbons (Fsp3) is 0.195.